The van der Waals surface area contributed by atoms with Gasteiger partial charge in [0.1, 0.15) is 17.3 Å². The van der Waals surface area contributed by atoms with Crippen LogP contribution in [0, 0.1) is 0 Å². The van der Waals surface area contributed by atoms with Crippen LogP contribution < -0.4 is 0 Å². The van der Waals surface area contributed by atoms with Gasteiger partial charge in [-0.15, -0.1) is 0 Å². The van der Waals surface area contributed by atoms with E-state index in [9.17, 15) is 19.8 Å². The van der Waals surface area contributed by atoms with Gasteiger partial charge in [-0.3, -0.25) is 9.59 Å². The van der Waals surface area contributed by atoms with Crippen LogP contribution in [-0.4, -0.2) is 51.3 Å². The van der Waals surface area contributed by atoms with Crippen molar-refractivity contribution in [3.63, 3.8) is 0 Å². The van der Waals surface area contributed by atoms with E-state index in [2.05, 4.69) is 0 Å². The van der Waals surface area contributed by atoms with Crippen LogP contribution in [0.2, 0.25) is 0 Å². The molecule has 156 valence electrons. The van der Waals surface area contributed by atoms with Crippen molar-refractivity contribution in [2.75, 3.05) is 13.2 Å². The standard InChI is InChI=1S/C23H28O6/c1-22(2,27)20(25)17-9-5-15(6-10-17)19(29-14-13-24)16-7-11-18(12-8-16)21(26)23(3,4)28/h5-12,19,24,27-28H,13-14H2,1-4H3. The minimum atomic E-state index is -1.46. The zero-order valence-corrected chi connectivity index (χ0v) is 17.2. The summed E-state index contributed by atoms with van der Waals surface area (Å²) in [6.07, 6.45) is -0.514. The molecule has 0 radical (unpaired) electrons. The highest BCUT2D eigenvalue weighted by Crippen LogP contribution is 2.28. The number of Topliss-reactive ketones (excluding diaryl/α,β-unsaturated/α-hetero) is 2. The SMILES string of the molecule is CC(C)(O)C(=O)c1ccc(C(OCCO)c2ccc(C(=O)C(C)(C)O)cc2)cc1. The van der Waals surface area contributed by atoms with Crippen molar-refractivity contribution in [3.05, 3.63) is 70.8 Å². The second kappa shape index (κ2) is 8.97. The number of benzene rings is 2. The van der Waals surface area contributed by atoms with E-state index >= 15 is 0 Å². The highest BCUT2D eigenvalue weighted by molar-refractivity contribution is 6.02. The third-order valence-corrected chi connectivity index (χ3v) is 4.44. The lowest BCUT2D eigenvalue weighted by molar-refractivity contribution is 0.0481. The van der Waals surface area contributed by atoms with Crippen LogP contribution in [-0.2, 0) is 4.74 Å². The minimum Gasteiger partial charge on any atom is -0.394 e. The fourth-order valence-corrected chi connectivity index (χ4v) is 2.88. The van der Waals surface area contributed by atoms with Crippen LogP contribution in [0.15, 0.2) is 48.5 Å². The average molecular weight is 400 g/mol. The number of carbonyl (C=O) groups excluding carboxylic acids is 2. The number of carbonyl (C=O) groups is 2. The van der Waals surface area contributed by atoms with Crippen molar-refractivity contribution in [2.45, 2.75) is 45.0 Å². The number of hydrogen-bond donors (Lipinski definition) is 3. The largest absolute Gasteiger partial charge is 0.394 e. The molecule has 2 aromatic rings. The van der Waals surface area contributed by atoms with E-state index in [0.29, 0.717) is 11.1 Å². The molecule has 3 N–H and O–H groups in total. The molecule has 0 aliphatic rings. The van der Waals surface area contributed by atoms with Crippen LogP contribution in [0.4, 0.5) is 0 Å². The van der Waals surface area contributed by atoms with Crippen LogP contribution in [0.25, 0.3) is 0 Å². The van der Waals surface area contributed by atoms with E-state index in [4.69, 9.17) is 9.84 Å². The Labute approximate surface area is 170 Å². The van der Waals surface area contributed by atoms with Gasteiger partial charge in [0, 0.05) is 11.1 Å². The second-order valence-corrected chi connectivity index (χ2v) is 7.99. The summed E-state index contributed by atoms with van der Waals surface area (Å²) in [5.74, 6) is -0.766. The van der Waals surface area contributed by atoms with Crippen molar-refractivity contribution in [3.8, 4) is 0 Å². The lowest BCUT2D eigenvalue weighted by Gasteiger charge is -2.21. The Morgan fingerprint density at radius 1 is 0.793 bits per heavy atom. The molecule has 2 aromatic carbocycles. The van der Waals surface area contributed by atoms with Gasteiger partial charge in [0.05, 0.1) is 13.2 Å². The third kappa shape index (κ3) is 5.81. The highest BCUT2D eigenvalue weighted by Gasteiger charge is 2.27. The summed E-state index contributed by atoms with van der Waals surface area (Å²) in [6, 6.07) is 13.4. The maximum absolute atomic E-state index is 12.2. The predicted molar refractivity (Wildman–Crippen MR) is 109 cm³/mol. The molecule has 0 unspecified atom stereocenters. The fourth-order valence-electron chi connectivity index (χ4n) is 2.88. The number of hydrogen-bond acceptors (Lipinski definition) is 6. The molecule has 0 bridgehead atoms. The second-order valence-electron chi connectivity index (χ2n) is 7.99. The molecule has 0 fully saturated rings. The summed E-state index contributed by atoms with van der Waals surface area (Å²) in [5, 5.41) is 28.9. The maximum Gasteiger partial charge on any atom is 0.193 e. The predicted octanol–water partition coefficient (Wildman–Crippen LogP) is 2.69. The molecule has 6 heteroatoms. The van der Waals surface area contributed by atoms with E-state index < -0.39 is 17.3 Å². The molecule has 0 amide bonds. The number of aliphatic hydroxyl groups excluding tert-OH is 1. The van der Waals surface area contributed by atoms with Gasteiger partial charge in [0.2, 0.25) is 0 Å². The highest BCUT2D eigenvalue weighted by atomic mass is 16.5. The van der Waals surface area contributed by atoms with E-state index in [1.165, 1.54) is 27.7 Å². The molecule has 2 rings (SSSR count). The summed E-state index contributed by atoms with van der Waals surface area (Å²) in [5.41, 5.74) is -0.643. The lowest BCUT2D eigenvalue weighted by atomic mass is 9.92. The maximum atomic E-state index is 12.2. The van der Waals surface area contributed by atoms with Crippen molar-refractivity contribution < 1.29 is 29.6 Å². The Morgan fingerprint density at radius 3 is 1.41 bits per heavy atom. The Balaban J connectivity index is 2.32. The molecule has 0 saturated carbocycles. The van der Waals surface area contributed by atoms with Gasteiger partial charge in [-0.05, 0) is 38.8 Å². The summed E-state index contributed by atoms with van der Waals surface area (Å²) in [4.78, 5) is 24.4. The summed E-state index contributed by atoms with van der Waals surface area (Å²) in [6.45, 7) is 5.71. The molecule has 0 spiro atoms. The molecule has 0 atom stereocenters. The Hall–Kier alpha value is -2.38. The first-order chi connectivity index (χ1) is 13.4. The van der Waals surface area contributed by atoms with Crippen molar-refractivity contribution in [2.24, 2.45) is 0 Å². The topological polar surface area (TPSA) is 104 Å². The minimum absolute atomic E-state index is 0.110. The fraction of sp³-hybridized carbons (Fsp3) is 0.391. The molecule has 0 heterocycles. The van der Waals surface area contributed by atoms with Crippen molar-refractivity contribution >= 4 is 11.6 Å². The van der Waals surface area contributed by atoms with Gasteiger partial charge >= 0.3 is 0 Å². The molecule has 0 aromatic heterocycles. The molecule has 29 heavy (non-hydrogen) atoms. The van der Waals surface area contributed by atoms with E-state index in [1.54, 1.807) is 48.5 Å². The summed E-state index contributed by atoms with van der Waals surface area (Å²) < 4.78 is 5.78. The van der Waals surface area contributed by atoms with Gasteiger partial charge in [0.25, 0.3) is 0 Å². The first kappa shape index (κ1) is 22.9. The van der Waals surface area contributed by atoms with Gasteiger partial charge in [-0.1, -0.05) is 48.5 Å². The first-order valence-electron chi connectivity index (χ1n) is 9.42. The quantitative estimate of drug-likeness (QED) is 0.559. The van der Waals surface area contributed by atoms with Crippen LogP contribution in [0.1, 0.15) is 65.6 Å². The summed E-state index contributed by atoms with van der Waals surface area (Å²) in [7, 11) is 0. The van der Waals surface area contributed by atoms with Gasteiger partial charge in [-0.2, -0.15) is 0 Å². The lowest BCUT2D eigenvalue weighted by Crippen LogP contribution is -2.31. The summed E-state index contributed by atoms with van der Waals surface area (Å²) >= 11 is 0. The van der Waals surface area contributed by atoms with Crippen LogP contribution in [0.3, 0.4) is 0 Å². The van der Waals surface area contributed by atoms with Crippen LogP contribution >= 0.6 is 0 Å². The molecular formula is C23H28O6. The van der Waals surface area contributed by atoms with E-state index in [-0.39, 0.29) is 24.8 Å². The number of rotatable bonds is 9. The zero-order valence-electron chi connectivity index (χ0n) is 17.2. The smallest absolute Gasteiger partial charge is 0.193 e. The number of ketones is 2. The van der Waals surface area contributed by atoms with Crippen LogP contribution in [0.5, 0.6) is 0 Å². The first-order valence-corrected chi connectivity index (χ1v) is 9.42. The molecule has 0 saturated heterocycles. The van der Waals surface area contributed by atoms with Crippen molar-refractivity contribution in [1.82, 2.24) is 0 Å². The van der Waals surface area contributed by atoms with E-state index in [1.807, 2.05) is 0 Å². The molecule has 6 nitrogen and oxygen atoms in total. The monoisotopic (exact) mass is 400 g/mol. The molecular weight excluding hydrogens is 372 g/mol. The van der Waals surface area contributed by atoms with Gasteiger partial charge in [-0.25, -0.2) is 0 Å². The van der Waals surface area contributed by atoms with E-state index in [0.717, 1.165) is 11.1 Å². The Morgan fingerprint density at radius 2 is 1.14 bits per heavy atom. The third-order valence-electron chi connectivity index (χ3n) is 4.44. The number of ether oxygens (including phenoxy) is 1. The normalized spacial score (nSPS) is 12.3. The zero-order chi connectivity index (χ0) is 21.8. The molecule has 0 aliphatic carbocycles. The number of aliphatic hydroxyl groups is 3. The van der Waals surface area contributed by atoms with Gasteiger partial charge in [0.15, 0.2) is 11.6 Å². The average Bonchev–Trinajstić information content (AvgIpc) is 2.66. The van der Waals surface area contributed by atoms with Crippen molar-refractivity contribution in [1.29, 1.82) is 0 Å². The Kier molecular flexibility index (Phi) is 7.08. The molecule has 0 aliphatic heterocycles. The van der Waals surface area contributed by atoms with Gasteiger partial charge < -0.3 is 20.1 Å². The Bertz CT molecular complexity index is 769.